The zero-order valence-corrected chi connectivity index (χ0v) is 10.9. The number of hydrogen-bond acceptors (Lipinski definition) is 4. The molecule has 1 aliphatic rings. The maximum atomic E-state index is 9.37. The van der Waals surface area contributed by atoms with Crippen LogP contribution in [0.15, 0.2) is 18.2 Å². The average Bonchev–Trinajstić information content (AvgIpc) is 2.39. The highest BCUT2D eigenvalue weighted by atomic mass is 16.5. The van der Waals surface area contributed by atoms with Gasteiger partial charge in [-0.3, -0.25) is 0 Å². The fourth-order valence-corrected chi connectivity index (χ4v) is 2.15. The Labute approximate surface area is 108 Å². The van der Waals surface area contributed by atoms with E-state index in [2.05, 4.69) is 16.3 Å². The normalized spacial score (nSPS) is 15.6. The smallest absolute Gasteiger partial charge is 0.139 e. The highest BCUT2D eigenvalue weighted by Gasteiger charge is 2.17. The number of benzene rings is 1. The molecule has 0 aliphatic carbocycles. The fourth-order valence-electron chi connectivity index (χ4n) is 2.15. The van der Waals surface area contributed by atoms with Crippen LogP contribution in [0.4, 0.5) is 5.69 Å². The molecule has 0 radical (unpaired) electrons. The van der Waals surface area contributed by atoms with Crippen LogP contribution in [0.1, 0.15) is 19.4 Å². The van der Waals surface area contributed by atoms with Crippen molar-refractivity contribution in [2.75, 3.05) is 31.1 Å². The summed E-state index contributed by atoms with van der Waals surface area (Å²) in [6, 6.07) is 8.10. The summed E-state index contributed by atoms with van der Waals surface area (Å²) in [7, 11) is 0. The van der Waals surface area contributed by atoms with Crippen LogP contribution in [0.3, 0.4) is 0 Å². The van der Waals surface area contributed by atoms with Crippen LogP contribution >= 0.6 is 0 Å². The zero-order chi connectivity index (χ0) is 13.0. The first-order valence-electron chi connectivity index (χ1n) is 6.38. The molecule has 1 aromatic carbocycles. The van der Waals surface area contributed by atoms with Crippen molar-refractivity contribution in [1.29, 1.82) is 5.26 Å². The summed E-state index contributed by atoms with van der Waals surface area (Å²) in [6.45, 7) is 7.72. The molecule has 1 heterocycles. The van der Waals surface area contributed by atoms with Crippen LogP contribution in [-0.4, -0.2) is 32.3 Å². The lowest BCUT2D eigenvalue weighted by atomic mass is 10.1. The van der Waals surface area contributed by atoms with Gasteiger partial charge in [0.1, 0.15) is 17.4 Å². The molecule has 1 fully saturated rings. The first kappa shape index (κ1) is 12.7. The molecule has 2 rings (SSSR count). The summed E-state index contributed by atoms with van der Waals surface area (Å²) >= 11 is 0. The summed E-state index contributed by atoms with van der Waals surface area (Å²) in [5, 5.41) is 12.7. The summed E-state index contributed by atoms with van der Waals surface area (Å²) in [5.74, 6) is 0.684. The predicted molar refractivity (Wildman–Crippen MR) is 72.0 cm³/mol. The van der Waals surface area contributed by atoms with Crippen molar-refractivity contribution in [3.8, 4) is 11.8 Å². The Morgan fingerprint density at radius 3 is 2.67 bits per heavy atom. The van der Waals surface area contributed by atoms with Gasteiger partial charge in [-0.05, 0) is 26.0 Å². The molecule has 96 valence electrons. The highest BCUT2D eigenvalue weighted by Crippen LogP contribution is 2.29. The number of anilines is 1. The maximum absolute atomic E-state index is 9.37. The third-order valence-electron chi connectivity index (χ3n) is 2.94. The van der Waals surface area contributed by atoms with Gasteiger partial charge in [0.05, 0.1) is 11.8 Å². The van der Waals surface area contributed by atoms with E-state index in [0.717, 1.165) is 31.9 Å². The Bertz CT molecular complexity index is 445. The van der Waals surface area contributed by atoms with E-state index in [1.807, 2.05) is 32.0 Å². The summed E-state index contributed by atoms with van der Waals surface area (Å²) in [6.07, 6.45) is 0.0790. The average molecular weight is 245 g/mol. The van der Waals surface area contributed by atoms with Crippen molar-refractivity contribution in [3.63, 3.8) is 0 Å². The Morgan fingerprint density at radius 2 is 2.06 bits per heavy atom. The van der Waals surface area contributed by atoms with Crippen LogP contribution in [0.25, 0.3) is 0 Å². The lowest BCUT2D eigenvalue weighted by Crippen LogP contribution is -2.43. The van der Waals surface area contributed by atoms with E-state index in [9.17, 15) is 5.26 Å². The summed E-state index contributed by atoms with van der Waals surface area (Å²) in [5.41, 5.74) is 1.63. The minimum Gasteiger partial charge on any atom is -0.490 e. The van der Waals surface area contributed by atoms with Crippen molar-refractivity contribution >= 4 is 5.69 Å². The van der Waals surface area contributed by atoms with E-state index in [1.165, 1.54) is 0 Å². The van der Waals surface area contributed by atoms with Crippen LogP contribution in [-0.2, 0) is 0 Å². The topological polar surface area (TPSA) is 48.3 Å². The molecule has 0 aromatic heterocycles. The number of nitrogens with one attached hydrogen (secondary N) is 1. The second kappa shape index (κ2) is 5.74. The largest absolute Gasteiger partial charge is 0.490 e. The maximum Gasteiger partial charge on any atom is 0.139 e. The molecule has 4 heteroatoms. The van der Waals surface area contributed by atoms with Gasteiger partial charge in [0.25, 0.3) is 0 Å². The highest BCUT2D eigenvalue weighted by molar-refractivity contribution is 5.65. The second-order valence-corrected chi connectivity index (χ2v) is 4.67. The first-order valence-corrected chi connectivity index (χ1v) is 6.38. The van der Waals surface area contributed by atoms with E-state index < -0.39 is 0 Å². The number of nitrogens with zero attached hydrogens (tertiary/aromatic N) is 2. The molecule has 0 spiro atoms. The van der Waals surface area contributed by atoms with E-state index in [-0.39, 0.29) is 6.10 Å². The molecule has 18 heavy (non-hydrogen) atoms. The van der Waals surface area contributed by atoms with Gasteiger partial charge < -0.3 is 15.0 Å². The van der Waals surface area contributed by atoms with Crippen LogP contribution in [0.2, 0.25) is 0 Å². The monoisotopic (exact) mass is 245 g/mol. The number of rotatable bonds is 3. The molecule has 1 N–H and O–H groups in total. The van der Waals surface area contributed by atoms with Gasteiger partial charge in [-0.25, -0.2) is 0 Å². The molecule has 1 saturated heterocycles. The minimum absolute atomic E-state index is 0.0790. The predicted octanol–water partition coefficient (Wildman–Crippen LogP) is 1.76. The molecular formula is C14H19N3O. The van der Waals surface area contributed by atoms with Crippen molar-refractivity contribution in [2.45, 2.75) is 20.0 Å². The van der Waals surface area contributed by atoms with E-state index in [1.54, 1.807) is 0 Å². The second-order valence-electron chi connectivity index (χ2n) is 4.67. The minimum atomic E-state index is 0.0790. The quantitative estimate of drug-likeness (QED) is 0.881. The molecular weight excluding hydrogens is 226 g/mol. The number of piperazine rings is 1. The van der Waals surface area contributed by atoms with Gasteiger partial charge in [-0.1, -0.05) is 6.07 Å². The molecule has 4 nitrogen and oxygen atoms in total. The molecule has 0 atom stereocenters. The zero-order valence-electron chi connectivity index (χ0n) is 10.9. The van der Waals surface area contributed by atoms with Crippen molar-refractivity contribution in [1.82, 2.24) is 5.32 Å². The Hall–Kier alpha value is -1.73. The van der Waals surface area contributed by atoms with Gasteiger partial charge in [0.15, 0.2) is 0 Å². The summed E-state index contributed by atoms with van der Waals surface area (Å²) in [4.78, 5) is 2.24. The lowest BCUT2D eigenvalue weighted by molar-refractivity contribution is 0.242. The SMILES string of the molecule is CC(C)Oc1cccc(N2CCNCC2)c1C#N. The number of nitriles is 1. The van der Waals surface area contributed by atoms with E-state index in [0.29, 0.717) is 11.3 Å². The van der Waals surface area contributed by atoms with Gasteiger partial charge in [-0.15, -0.1) is 0 Å². The third-order valence-corrected chi connectivity index (χ3v) is 2.94. The van der Waals surface area contributed by atoms with Crippen LogP contribution in [0, 0.1) is 11.3 Å². The number of hydrogen-bond donors (Lipinski definition) is 1. The van der Waals surface area contributed by atoms with Crippen molar-refractivity contribution in [3.05, 3.63) is 23.8 Å². The molecule has 0 saturated carbocycles. The van der Waals surface area contributed by atoms with Crippen molar-refractivity contribution in [2.24, 2.45) is 0 Å². The van der Waals surface area contributed by atoms with E-state index in [4.69, 9.17) is 4.74 Å². The fraction of sp³-hybridized carbons (Fsp3) is 0.500. The van der Waals surface area contributed by atoms with Crippen LogP contribution in [0.5, 0.6) is 5.75 Å². The standard InChI is InChI=1S/C14H19N3O/c1-11(2)18-14-5-3-4-13(12(14)10-15)17-8-6-16-7-9-17/h3-5,11,16H,6-9H2,1-2H3. The van der Waals surface area contributed by atoms with Gasteiger partial charge >= 0.3 is 0 Å². The molecule has 0 unspecified atom stereocenters. The van der Waals surface area contributed by atoms with Crippen molar-refractivity contribution < 1.29 is 4.74 Å². The molecule has 0 amide bonds. The van der Waals surface area contributed by atoms with Gasteiger partial charge in [-0.2, -0.15) is 5.26 Å². The third kappa shape index (κ3) is 2.74. The Morgan fingerprint density at radius 1 is 1.33 bits per heavy atom. The summed E-state index contributed by atoms with van der Waals surface area (Å²) < 4.78 is 5.70. The Kier molecular flexibility index (Phi) is 4.06. The Balaban J connectivity index is 2.32. The number of ether oxygens (including phenoxy) is 1. The van der Waals surface area contributed by atoms with Gasteiger partial charge in [0, 0.05) is 26.2 Å². The molecule has 1 aliphatic heterocycles. The lowest BCUT2D eigenvalue weighted by Gasteiger charge is -2.30. The first-order chi connectivity index (χ1) is 8.72. The molecule has 0 bridgehead atoms. The van der Waals surface area contributed by atoms with Crippen LogP contribution < -0.4 is 15.0 Å². The van der Waals surface area contributed by atoms with E-state index >= 15 is 0 Å². The molecule has 1 aromatic rings. The van der Waals surface area contributed by atoms with Gasteiger partial charge in [0.2, 0.25) is 0 Å².